The van der Waals surface area contributed by atoms with E-state index < -0.39 is 41.7 Å². The number of methoxy groups -OCH3 is 1. The van der Waals surface area contributed by atoms with Crippen LogP contribution in [-0.4, -0.2) is 102 Å². The first-order valence-corrected chi connectivity index (χ1v) is 21.7. The van der Waals surface area contributed by atoms with E-state index in [-0.39, 0.29) is 49.0 Å². The topological polar surface area (TPSA) is 136 Å². The molecule has 6 rings (SSSR count). The van der Waals surface area contributed by atoms with E-state index in [9.17, 15) is 18.8 Å². The lowest BCUT2D eigenvalue weighted by Crippen LogP contribution is -2.63. The number of aliphatic imine (C=N–C) groups is 2. The number of nitrogens with one attached hydrogen (secondary N) is 2. The van der Waals surface area contributed by atoms with Crippen molar-refractivity contribution in [2.75, 3.05) is 32.6 Å². The Bertz CT molecular complexity index is 1980. The van der Waals surface area contributed by atoms with Crippen LogP contribution in [0.4, 0.5) is 4.39 Å². The minimum absolute atomic E-state index is 0.123. The molecule has 0 radical (unpaired) electrons. The number of carbonyl (C=O) groups excluding carboxylic acids is 3. The fraction of sp³-hybridized carbons (Fsp3) is 0.614. The molecule has 12 nitrogen and oxygen atoms in total. The van der Waals surface area contributed by atoms with E-state index in [1.165, 1.54) is 23.7 Å². The third-order valence-electron chi connectivity index (χ3n) is 12.0. The van der Waals surface area contributed by atoms with Gasteiger partial charge in [-0.1, -0.05) is 46.4 Å². The third-order valence-corrected chi connectivity index (χ3v) is 13.2. The van der Waals surface area contributed by atoms with Crippen molar-refractivity contribution in [3.05, 3.63) is 53.4 Å². The molecular formula is C44H61FN6O6S. The second kappa shape index (κ2) is 18.2. The van der Waals surface area contributed by atoms with Gasteiger partial charge in [0.15, 0.2) is 0 Å². The van der Waals surface area contributed by atoms with Crippen molar-refractivity contribution in [1.82, 2.24) is 20.3 Å². The smallest absolute Gasteiger partial charge is 0.324 e. The number of benzene rings is 1. The number of thioether (sulfide) groups is 1. The average molecular weight is 821 g/mol. The average Bonchev–Trinajstić information content (AvgIpc) is 3.48. The number of nitrogens with zero attached hydrogens (tertiary/aromatic N) is 4. The maximum Gasteiger partial charge on any atom is 0.324 e. The second-order valence-corrected chi connectivity index (χ2v) is 18.0. The van der Waals surface area contributed by atoms with E-state index in [0.717, 1.165) is 39.0 Å². The van der Waals surface area contributed by atoms with Gasteiger partial charge in [-0.2, -0.15) is 0 Å². The van der Waals surface area contributed by atoms with Crippen LogP contribution < -0.4 is 10.7 Å². The molecular weight excluding hydrogens is 760 g/mol. The van der Waals surface area contributed by atoms with E-state index in [4.69, 9.17) is 24.2 Å². The van der Waals surface area contributed by atoms with Gasteiger partial charge >= 0.3 is 5.97 Å². The van der Waals surface area contributed by atoms with Crippen LogP contribution in [0, 0.1) is 23.2 Å². The van der Waals surface area contributed by atoms with Crippen LogP contribution in [0.2, 0.25) is 0 Å². The van der Waals surface area contributed by atoms with Crippen molar-refractivity contribution < 1.29 is 33.0 Å². The third kappa shape index (κ3) is 9.00. The van der Waals surface area contributed by atoms with Crippen LogP contribution >= 0.6 is 11.8 Å². The van der Waals surface area contributed by atoms with Crippen molar-refractivity contribution in [2.45, 2.75) is 118 Å². The van der Waals surface area contributed by atoms with Gasteiger partial charge in [0, 0.05) is 60.0 Å². The number of aromatic nitrogens is 1. The Hall–Kier alpha value is -3.85. The standard InChI is InChI=1S/C44H61FN6O6S/c1-11-29(36(46-12-2)27(7)55-10)38-31-20-44(8,9)23-57-43(54)32-15-14-18-51(49-32)42(53)37(48-40(52)35-25(5)26(35)6)39(56-21-24(4)45)41-47-33(22-58-41)28-16-17-34(30(31)19-28)50(38)13-3/h11-12,16-17,19,24-27,32-33,35,37,39,49H,1,13-15,18,20-23H2,2-10H3,(H,48,52)/b36-29+,46-12?/t24-,25-,26+,27+,32+,33?,35?,37+,39+/m1/s1. The molecule has 58 heavy (non-hydrogen) atoms. The van der Waals surface area contributed by atoms with Gasteiger partial charge in [-0.05, 0) is 82.1 Å². The molecule has 9 atom stereocenters. The molecule has 14 heteroatoms. The number of fused-ring (bicyclic) bond motifs is 5. The number of esters is 1. The Morgan fingerprint density at radius 1 is 1.26 bits per heavy atom. The number of rotatable bonds is 11. The molecule has 6 bridgehead atoms. The zero-order valence-electron chi connectivity index (χ0n) is 35.5. The Balaban J connectivity index is 1.54. The predicted octanol–water partition coefficient (Wildman–Crippen LogP) is 6.62. The largest absolute Gasteiger partial charge is 0.464 e. The van der Waals surface area contributed by atoms with Crippen LogP contribution in [0.25, 0.3) is 16.5 Å². The Labute approximate surface area is 346 Å². The monoisotopic (exact) mass is 820 g/mol. The van der Waals surface area contributed by atoms with E-state index in [1.807, 2.05) is 33.8 Å². The predicted molar refractivity (Wildman–Crippen MR) is 228 cm³/mol. The number of ether oxygens (including phenoxy) is 3. The van der Waals surface area contributed by atoms with Gasteiger partial charge in [-0.3, -0.25) is 29.4 Å². The van der Waals surface area contributed by atoms with Crippen LogP contribution in [0.5, 0.6) is 0 Å². The van der Waals surface area contributed by atoms with E-state index in [1.54, 1.807) is 13.3 Å². The maximum atomic E-state index is 14.6. The Morgan fingerprint density at radius 2 is 2.00 bits per heavy atom. The zero-order chi connectivity index (χ0) is 42.1. The summed E-state index contributed by atoms with van der Waals surface area (Å²) in [5.74, 6) is -0.575. The first-order valence-electron chi connectivity index (χ1n) is 20.7. The number of aryl methyl sites for hydroxylation is 1. The number of alkyl halides is 1. The van der Waals surface area contributed by atoms with Gasteiger partial charge in [0.2, 0.25) is 5.91 Å². The first-order chi connectivity index (χ1) is 27.6. The Morgan fingerprint density at radius 3 is 2.64 bits per heavy atom. The van der Waals surface area contributed by atoms with Gasteiger partial charge in [-0.15, -0.1) is 11.8 Å². The summed E-state index contributed by atoms with van der Waals surface area (Å²) in [5.41, 5.74) is 8.24. The molecule has 1 aliphatic carbocycles. The molecule has 2 amide bonds. The molecule has 1 aromatic heterocycles. The van der Waals surface area contributed by atoms with Crippen LogP contribution in [0.1, 0.15) is 91.1 Å². The highest BCUT2D eigenvalue weighted by Crippen LogP contribution is 2.46. The van der Waals surface area contributed by atoms with Gasteiger partial charge < -0.3 is 24.1 Å². The van der Waals surface area contributed by atoms with Gasteiger partial charge in [0.25, 0.3) is 5.91 Å². The second-order valence-electron chi connectivity index (χ2n) is 16.9. The van der Waals surface area contributed by atoms with Crippen molar-refractivity contribution in [3.8, 4) is 0 Å². The number of hydrogen-bond acceptors (Lipinski definition) is 10. The minimum Gasteiger partial charge on any atom is -0.464 e. The zero-order valence-corrected chi connectivity index (χ0v) is 36.3. The van der Waals surface area contributed by atoms with Crippen molar-refractivity contribution in [2.24, 2.45) is 33.2 Å². The molecule has 2 aromatic rings. The fourth-order valence-corrected chi connectivity index (χ4v) is 9.70. The highest BCUT2D eigenvalue weighted by atomic mass is 32.2. The molecule has 1 saturated carbocycles. The van der Waals surface area contributed by atoms with Crippen molar-refractivity contribution in [3.63, 3.8) is 0 Å². The summed E-state index contributed by atoms with van der Waals surface area (Å²) in [7, 11) is 1.66. The number of carbonyl (C=O) groups is 3. The highest BCUT2D eigenvalue weighted by Gasteiger charge is 2.50. The molecule has 2 fully saturated rings. The lowest BCUT2D eigenvalue weighted by atomic mass is 9.84. The number of halogens is 1. The normalized spacial score (nSPS) is 29.0. The summed E-state index contributed by atoms with van der Waals surface area (Å²) in [5, 5.41) is 5.95. The number of hydrazine groups is 1. The molecule has 1 saturated heterocycles. The van der Waals surface area contributed by atoms with Crippen LogP contribution in [0.3, 0.4) is 0 Å². The molecule has 2 N–H and O–H groups in total. The number of cyclic esters (lactones) is 1. The van der Waals surface area contributed by atoms with Crippen molar-refractivity contribution in [1.29, 1.82) is 0 Å². The molecule has 3 aliphatic heterocycles. The molecule has 0 spiro atoms. The maximum absolute atomic E-state index is 14.6. The quantitative estimate of drug-likeness (QED) is 0.147. The van der Waals surface area contributed by atoms with Crippen molar-refractivity contribution >= 4 is 57.3 Å². The summed E-state index contributed by atoms with van der Waals surface area (Å²) in [6, 6.07) is 4.08. The summed E-state index contributed by atoms with van der Waals surface area (Å²) < 4.78 is 34.9. The van der Waals surface area contributed by atoms with E-state index in [2.05, 4.69) is 60.9 Å². The summed E-state index contributed by atoms with van der Waals surface area (Å²) in [4.78, 5) is 52.1. The number of hydrogen-bond donors (Lipinski definition) is 2. The summed E-state index contributed by atoms with van der Waals surface area (Å²) in [6.45, 7) is 20.6. The number of allylic oxidation sites excluding steroid dienone is 2. The number of amides is 2. The van der Waals surface area contributed by atoms with E-state index >= 15 is 0 Å². The molecule has 4 aliphatic rings. The summed E-state index contributed by atoms with van der Waals surface area (Å²) >= 11 is 1.45. The van der Waals surface area contributed by atoms with Crippen LogP contribution in [0.15, 0.2) is 46.5 Å². The van der Waals surface area contributed by atoms with E-state index in [0.29, 0.717) is 43.1 Å². The van der Waals surface area contributed by atoms with Gasteiger partial charge in [-0.25, -0.2) is 9.82 Å². The summed E-state index contributed by atoms with van der Waals surface area (Å²) in [6.07, 6.45) is 2.45. The fourth-order valence-electron chi connectivity index (χ4n) is 8.53. The molecule has 1 aromatic carbocycles. The van der Waals surface area contributed by atoms with Gasteiger partial charge in [0.1, 0.15) is 29.4 Å². The van der Waals surface area contributed by atoms with Crippen LogP contribution in [-0.2, 0) is 41.6 Å². The SMILES string of the molecule is C=C/C(=C(\N=CC)[C@H](C)OC)c1c2c3cc(ccc3n1CC)C1CSC(=N1)[C@@H](OC[C@@H](C)F)[C@H](NC(=O)C1[C@@H](C)[C@H]1C)C(=O)N1CCC[C@H](N1)C(=O)OCC(C)(C)C2. The molecule has 4 heterocycles. The Kier molecular flexibility index (Phi) is 13.7. The minimum atomic E-state index is -1.33. The first kappa shape index (κ1) is 43.7. The lowest BCUT2D eigenvalue weighted by molar-refractivity contribution is -0.156. The molecule has 316 valence electrons. The highest BCUT2D eigenvalue weighted by molar-refractivity contribution is 8.14. The molecule has 2 unspecified atom stereocenters. The lowest BCUT2D eigenvalue weighted by Gasteiger charge is -2.37. The van der Waals surface area contributed by atoms with Gasteiger partial charge in [0.05, 0.1) is 36.8 Å².